The SMILES string of the molecule is O=[N+]([O-])/N=C1/SCCN1Cc1ccc(F)nc1. The van der Waals surface area contributed by atoms with E-state index < -0.39 is 11.0 Å². The lowest BCUT2D eigenvalue weighted by Gasteiger charge is -2.15. The van der Waals surface area contributed by atoms with Crippen molar-refractivity contribution in [2.24, 2.45) is 5.10 Å². The van der Waals surface area contributed by atoms with Gasteiger partial charge in [-0.2, -0.15) is 4.39 Å². The van der Waals surface area contributed by atoms with Crippen molar-refractivity contribution < 1.29 is 9.42 Å². The van der Waals surface area contributed by atoms with Crippen LogP contribution in [0.1, 0.15) is 5.56 Å². The average molecular weight is 256 g/mol. The van der Waals surface area contributed by atoms with Crippen molar-refractivity contribution in [2.45, 2.75) is 6.54 Å². The van der Waals surface area contributed by atoms with Gasteiger partial charge in [-0.05, 0) is 11.6 Å². The first-order valence-corrected chi connectivity index (χ1v) is 5.85. The normalized spacial score (nSPS) is 17.7. The first-order chi connectivity index (χ1) is 8.15. The molecule has 1 saturated heterocycles. The number of hydrazone groups is 1. The molecular weight excluding hydrogens is 247 g/mol. The number of thioether (sulfide) groups is 1. The van der Waals surface area contributed by atoms with Gasteiger partial charge < -0.3 is 4.90 Å². The van der Waals surface area contributed by atoms with Crippen molar-refractivity contribution in [2.75, 3.05) is 12.3 Å². The summed E-state index contributed by atoms with van der Waals surface area (Å²) in [7, 11) is 0. The number of rotatable bonds is 3. The molecule has 0 bridgehead atoms. The Hall–Kier alpha value is -1.70. The van der Waals surface area contributed by atoms with E-state index in [1.54, 1.807) is 11.0 Å². The third-order valence-corrected chi connectivity index (χ3v) is 3.18. The average Bonchev–Trinajstić information content (AvgIpc) is 2.68. The van der Waals surface area contributed by atoms with Crippen LogP contribution in [0.5, 0.6) is 0 Å². The molecule has 90 valence electrons. The number of aromatic nitrogens is 1. The van der Waals surface area contributed by atoms with E-state index in [4.69, 9.17) is 0 Å². The van der Waals surface area contributed by atoms with Crippen molar-refractivity contribution in [3.8, 4) is 0 Å². The molecule has 1 aliphatic rings. The highest BCUT2D eigenvalue weighted by molar-refractivity contribution is 8.14. The minimum atomic E-state index is -0.705. The van der Waals surface area contributed by atoms with Gasteiger partial charge in [0.25, 0.3) is 0 Å². The number of amidine groups is 1. The van der Waals surface area contributed by atoms with E-state index in [-0.39, 0.29) is 0 Å². The highest BCUT2D eigenvalue weighted by atomic mass is 32.2. The van der Waals surface area contributed by atoms with E-state index in [1.807, 2.05) is 0 Å². The van der Waals surface area contributed by atoms with Gasteiger partial charge in [-0.15, -0.1) is 0 Å². The summed E-state index contributed by atoms with van der Waals surface area (Å²) in [4.78, 5) is 15.6. The zero-order valence-electron chi connectivity index (χ0n) is 8.74. The van der Waals surface area contributed by atoms with Gasteiger partial charge >= 0.3 is 0 Å². The summed E-state index contributed by atoms with van der Waals surface area (Å²) >= 11 is 1.34. The number of halogens is 1. The summed E-state index contributed by atoms with van der Waals surface area (Å²) in [5.41, 5.74) is 0.796. The lowest BCUT2D eigenvalue weighted by molar-refractivity contribution is -0.485. The number of hydrogen-bond donors (Lipinski definition) is 0. The lowest BCUT2D eigenvalue weighted by atomic mass is 10.3. The first-order valence-electron chi connectivity index (χ1n) is 4.86. The Morgan fingerprint density at radius 1 is 1.65 bits per heavy atom. The Labute approximate surface area is 101 Å². The van der Waals surface area contributed by atoms with Crippen LogP contribution in [-0.2, 0) is 6.54 Å². The molecule has 1 aromatic rings. The van der Waals surface area contributed by atoms with Crippen LogP contribution >= 0.6 is 11.8 Å². The molecule has 0 radical (unpaired) electrons. The minimum Gasteiger partial charge on any atom is -0.341 e. The summed E-state index contributed by atoms with van der Waals surface area (Å²) in [6.07, 6.45) is 1.42. The van der Waals surface area contributed by atoms with Crippen molar-refractivity contribution in [3.05, 3.63) is 40.0 Å². The largest absolute Gasteiger partial charge is 0.341 e. The van der Waals surface area contributed by atoms with Crippen LogP contribution < -0.4 is 0 Å². The number of nitrogens with zero attached hydrogens (tertiary/aromatic N) is 4. The summed E-state index contributed by atoms with van der Waals surface area (Å²) in [5, 5.41) is 13.3. The third kappa shape index (κ3) is 3.13. The first kappa shape index (κ1) is 11.8. The Morgan fingerprint density at radius 2 is 2.47 bits per heavy atom. The predicted octanol–water partition coefficient (Wildman–Crippen LogP) is 1.32. The Morgan fingerprint density at radius 3 is 3.12 bits per heavy atom. The molecule has 8 heteroatoms. The summed E-state index contributed by atoms with van der Waals surface area (Å²) < 4.78 is 12.6. The quantitative estimate of drug-likeness (QED) is 0.463. The van der Waals surface area contributed by atoms with Crippen LogP contribution in [0.25, 0.3) is 0 Å². The zero-order chi connectivity index (χ0) is 12.3. The summed E-state index contributed by atoms with van der Waals surface area (Å²) in [5.74, 6) is 0.227. The second-order valence-corrected chi connectivity index (χ2v) is 4.44. The molecule has 0 unspecified atom stereocenters. The number of pyridine rings is 1. The van der Waals surface area contributed by atoms with Crippen LogP contribution in [0.4, 0.5) is 4.39 Å². The minimum absolute atomic E-state index is 0.388. The fourth-order valence-electron chi connectivity index (χ4n) is 1.46. The molecular formula is C9H9FN4O2S. The van der Waals surface area contributed by atoms with E-state index in [2.05, 4.69) is 10.1 Å². The predicted molar refractivity (Wildman–Crippen MR) is 61.5 cm³/mol. The molecule has 0 amide bonds. The van der Waals surface area contributed by atoms with Crippen LogP contribution in [0.3, 0.4) is 0 Å². The van der Waals surface area contributed by atoms with E-state index in [0.29, 0.717) is 18.3 Å². The highest BCUT2D eigenvalue weighted by Gasteiger charge is 2.22. The topological polar surface area (TPSA) is 71.6 Å². The van der Waals surface area contributed by atoms with E-state index in [1.165, 1.54) is 24.0 Å². The van der Waals surface area contributed by atoms with Crippen molar-refractivity contribution in [1.29, 1.82) is 0 Å². The molecule has 1 fully saturated rings. The maximum absolute atomic E-state index is 12.6. The molecule has 1 aliphatic heterocycles. The third-order valence-electron chi connectivity index (χ3n) is 2.19. The molecule has 6 nitrogen and oxygen atoms in total. The molecule has 0 spiro atoms. The van der Waals surface area contributed by atoms with Crippen LogP contribution in [0.15, 0.2) is 23.4 Å². The van der Waals surface area contributed by atoms with Gasteiger partial charge in [0.05, 0.1) is 5.10 Å². The monoisotopic (exact) mass is 256 g/mol. The highest BCUT2D eigenvalue weighted by Crippen LogP contribution is 2.20. The smallest absolute Gasteiger partial charge is 0.238 e. The molecule has 0 atom stereocenters. The molecule has 2 rings (SSSR count). The van der Waals surface area contributed by atoms with Crippen molar-refractivity contribution in [3.63, 3.8) is 0 Å². The summed E-state index contributed by atoms with van der Waals surface area (Å²) in [6, 6.07) is 2.87. The van der Waals surface area contributed by atoms with E-state index in [0.717, 1.165) is 11.3 Å². The molecule has 0 aliphatic carbocycles. The molecule has 0 aromatic carbocycles. The maximum Gasteiger partial charge on any atom is 0.238 e. The van der Waals surface area contributed by atoms with Crippen LogP contribution in [0.2, 0.25) is 0 Å². The zero-order valence-corrected chi connectivity index (χ0v) is 9.56. The van der Waals surface area contributed by atoms with E-state index in [9.17, 15) is 14.5 Å². The standard InChI is InChI=1S/C9H9FN4O2S/c10-8-2-1-7(5-11-8)6-13-3-4-17-9(13)12-14(15)16/h1-2,5H,3-4,6H2/b12-9+. The molecule has 2 heterocycles. The molecule has 0 saturated carbocycles. The van der Waals surface area contributed by atoms with Gasteiger partial charge in [0.2, 0.25) is 11.1 Å². The van der Waals surface area contributed by atoms with Gasteiger partial charge in [0.15, 0.2) is 5.03 Å². The van der Waals surface area contributed by atoms with Crippen LogP contribution in [0, 0.1) is 16.1 Å². The fourth-order valence-corrected chi connectivity index (χ4v) is 2.42. The second-order valence-electron chi connectivity index (χ2n) is 3.38. The summed E-state index contributed by atoms with van der Waals surface area (Å²) in [6.45, 7) is 1.14. The van der Waals surface area contributed by atoms with Crippen molar-refractivity contribution >= 4 is 16.9 Å². The Bertz CT molecular complexity index is 451. The van der Waals surface area contributed by atoms with Gasteiger partial charge in [-0.25, -0.2) is 15.1 Å². The van der Waals surface area contributed by atoms with Gasteiger partial charge in [0, 0.05) is 25.0 Å². The van der Waals surface area contributed by atoms with Crippen molar-refractivity contribution in [1.82, 2.24) is 9.88 Å². The van der Waals surface area contributed by atoms with Gasteiger partial charge in [0.1, 0.15) is 0 Å². The van der Waals surface area contributed by atoms with Crippen LogP contribution in [-0.4, -0.2) is 32.4 Å². The molecule has 17 heavy (non-hydrogen) atoms. The number of hydrogen-bond acceptors (Lipinski definition) is 4. The Balaban J connectivity index is 2.07. The van der Waals surface area contributed by atoms with Gasteiger partial charge in [-0.1, -0.05) is 17.8 Å². The molecule has 1 aromatic heterocycles. The lowest BCUT2D eigenvalue weighted by Crippen LogP contribution is -2.24. The second kappa shape index (κ2) is 5.09. The van der Waals surface area contributed by atoms with E-state index >= 15 is 0 Å². The Kier molecular flexibility index (Phi) is 3.52. The van der Waals surface area contributed by atoms with Gasteiger partial charge in [-0.3, -0.25) is 0 Å². The maximum atomic E-state index is 12.6. The number of nitro groups is 1. The fraction of sp³-hybridized carbons (Fsp3) is 0.333. The molecule has 0 N–H and O–H groups in total.